The Hall–Kier alpha value is -2.13. The Balaban J connectivity index is 2.11. The van der Waals surface area contributed by atoms with Crippen molar-refractivity contribution in [2.45, 2.75) is 12.5 Å². The van der Waals surface area contributed by atoms with Crippen molar-refractivity contribution < 1.29 is 9.53 Å². The standard InChI is InChI=1S/C18H18ClNO2/c1-22-16-9-7-15(8-10-16)13-20-17(18(21)12-19)11-14-5-3-2-4-6-14/h2-10,13,17H,11-12H2,1H3/t17-/m0/s1. The lowest BCUT2D eigenvalue weighted by Gasteiger charge is -2.10. The summed E-state index contributed by atoms with van der Waals surface area (Å²) in [5.74, 6) is 0.683. The van der Waals surface area contributed by atoms with E-state index in [1.54, 1.807) is 13.3 Å². The fourth-order valence-electron chi connectivity index (χ4n) is 2.04. The zero-order chi connectivity index (χ0) is 15.8. The normalized spacial score (nSPS) is 12.3. The van der Waals surface area contributed by atoms with Gasteiger partial charge in [0.2, 0.25) is 0 Å². The van der Waals surface area contributed by atoms with E-state index in [1.807, 2.05) is 54.6 Å². The molecule has 0 radical (unpaired) electrons. The largest absolute Gasteiger partial charge is 0.497 e. The topological polar surface area (TPSA) is 38.7 Å². The van der Waals surface area contributed by atoms with Gasteiger partial charge in [0.05, 0.1) is 13.0 Å². The molecule has 0 saturated heterocycles. The molecule has 2 rings (SSSR count). The summed E-state index contributed by atoms with van der Waals surface area (Å²) in [5, 5.41) is 0. The third-order valence-electron chi connectivity index (χ3n) is 3.29. The summed E-state index contributed by atoms with van der Waals surface area (Å²) >= 11 is 5.69. The minimum atomic E-state index is -0.456. The highest BCUT2D eigenvalue weighted by molar-refractivity contribution is 6.28. The van der Waals surface area contributed by atoms with Crippen LogP contribution in [-0.4, -0.2) is 31.0 Å². The summed E-state index contributed by atoms with van der Waals surface area (Å²) in [5.41, 5.74) is 1.99. The molecule has 4 heteroatoms. The maximum atomic E-state index is 12.0. The molecular formula is C18H18ClNO2. The Morgan fingerprint density at radius 1 is 1.18 bits per heavy atom. The molecule has 22 heavy (non-hydrogen) atoms. The van der Waals surface area contributed by atoms with Crippen LogP contribution in [0.1, 0.15) is 11.1 Å². The number of ether oxygens (including phenoxy) is 1. The second kappa shape index (κ2) is 8.35. The highest BCUT2D eigenvalue weighted by Gasteiger charge is 2.16. The van der Waals surface area contributed by atoms with Crippen molar-refractivity contribution in [1.29, 1.82) is 0 Å². The van der Waals surface area contributed by atoms with Gasteiger partial charge in [-0.05, 0) is 35.4 Å². The van der Waals surface area contributed by atoms with Gasteiger partial charge < -0.3 is 4.74 Å². The highest BCUT2D eigenvalue weighted by Crippen LogP contribution is 2.11. The Kier molecular flexibility index (Phi) is 6.16. The van der Waals surface area contributed by atoms with Crippen molar-refractivity contribution in [3.8, 4) is 5.75 Å². The van der Waals surface area contributed by atoms with Crippen LogP contribution in [0.3, 0.4) is 0 Å². The Morgan fingerprint density at radius 3 is 2.45 bits per heavy atom. The number of hydrogen-bond donors (Lipinski definition) is 0. The van der Waals surface area contributed by atoms with Gasteiger partial charge in [0.25, 0.3) is 0 Å². The molecule has 0 heterocycles. The van der Waals surface area contributed by atoms with E-state index in [2.05, 4.69) is 4.99 Å². The molecule has 1 atom stereocenters. The number of hydrogen-bond acceptors (Lipinski definition) is 3. The average Bonchev–Trinajstić information content (AvgIpc) is 2.59. The molecule has 0 spiro atoms. The molecule has 0 aromatic heterocycles. The van der Waals surface area contributed by atoms with Crippen LogP contribution in [0.4, 0.5) is 0 Å². The first-order chi connectivity index (χ1) is 10.7. The van der Waals surface area contributed by atoms with Gasteiger partial charge in [-0.25, -0.2) is 0 Å². The predicted octanol–water partition coefficient (Wildman–Crippen LogP) is 3.53. The van der Waals surface area contributed by atoms with Gasteiger partial charge in [0.1, 0.15) is 11.8 Å². The fourth-order valence-corrected chi connectivity index (χ4v) is 2.22. The second-order valence-corrected chi connectivity index (χ2v) is 5.12. The van der Waals surface area contributed by atoms with E-state index in [0.29, 0.717) is 6.42 Å². The second-order valence-electron chi connectivity index (χ2n) is 4.86. The summed E-state index contributed by atoms with van der Waals surface area (Å²) < 4.78 is 5.11. The Labute approximate surface area is 135 Å². The lowest BCUT2D eigenvalue weighted by Crippen LogP contribution is -2.22. The van der Waals surface area contributed by atoms with Gasteiger partial charge in [-0.1, -0.05) is 30.3 Å². The first-order valence-electron chi connectivity index (χ1n) is 7.02. The maximum absolute atomic E-state index is 12.0. The maximum Gasteiger partial charge on any atom is 0.172 e. The van der Waals surface area contributed by atoms with Gasteiger partial charge in [-0.3, -0.25) is 9.79 Å². The van der Waals surface area contributed by atoms with Gasteiger partial charge in [-0.15, -0.1) is 11.6 Å². The Morgan fingerprint density at radius 2 is 1.86 bits per heavy atom. The number of aliphatic imine (C=N–C) groups is 1. The summed E-state index contributed by atoms with van der Waals surface area (Å²) in [6.07, 6.45) is 2.26. The Bertz CT molecular complexity index is 623. The molecule has 0 unspecified atom stereocenters. The fraction of sp³-hybridized carbons (Fsp3) is 0.222. The van der Waals surface area contributed by atoms with Crippen LogP contribution in [0.15, 0.2) is 59.6 Å². The zero-order valence-corrected chi connectivity index (χ0v) is 13.2. The molecule has 0 aliphatic rings. The molecule has 0 bridgehead atoms. The molecule has 114 valence electrons. The number of nitrogens with zero attached hydrogens (tertiary/aromatic N) is 1. The summed E-state index contributed by atoms with van der Waals surface area (Å²) in [6.45, 7) is 0. The number of alkyl halides is 1. The average molecular weight is 316 g/mol. The van der Waals surface area contributed by atoms with Crippen LogP contribution in [0.5, 0.6) is 5.75 Å². The van der Waals surface area contributed by atoms with Crippen LogP contribution in [0, 0.1) is 0 Å². The smallest absolute Gasteiger partial charge is 0.172 e. The van der Waals surface area contributed by atoms with Crippen molar-refractivity contribution >= 4 is 23.6 Å². The van der Waals surface area contributed by atoms with Crippen LogP contribution < -0.4 is 4.74 Å². The number of ketones is 1. The number of carbonyl (C=O) groups is 1. The number of halogens is 1. The van der Waals surface area contributed by atoms with Gasteiger partial charge >= 0.3 is 0 Å². The van der Waals surface area contributed by atoms with Crippen LogP contribution >= 0.6 is 11.6 Å². The molecular weight excluding hydrogens is 298 g/mol. The van der Waals surface area contributed by atoms with Crippen molar-refractivity contribution in [2.24, 2.45) is 4.99 Å². The molecule has 0 aliphatic carbocycles. The molecule has 3 nitrogen and oxygen atoms in total. The van der Waals surface area contributed by atoms with E-state index in [0.717, 1.165) is 16.9 Å². The number of rotatable bonds is 7. The van der Waals surface area contributed by atoms with Crippen LogP contribution in [-0.2, 0) is 11.2 Å². The van der Waals surface area contributed by atoms with E-state index in [-0.39, 0.29) is 11.7 Å². The minimum absolute atomic E-state index is 0.0303. The molecule has 0 fully saturated rings. The lowest BCUT2D eigenvalue weighted by molar-refractivity contribution is -0.117. The van der Waals surface area contributed by atoms with E-state index < -0.39 is 6.04 Å². The molecule has 0 saturated carbocycles. The van der Waals surface area contributed by atoms with E-state index >= 15 is 0 Å². The monoisotopic (exact) mass is 315 g/mol. The molecule has 0 N–H and O–H groups in total. The zero-order valence-electron chi connectivity index (χ0n) is 12.4. The van der Waals surface area contributed by atoms with Crippen molar-refractivity contribution in [1.82, 2.24) is 0 Å². The highest BCUT2D eigenvalue weighted by atomic mass is 35.5. The summed E-state index contributed by atoms with van der Waals surface area (Å²) in [7, 11) is 1.62. The number of benzene rings is 2. The first-order valence-corrected chi connectivity index (χ1v) is 7.56. The van der Waals surface area contributed by atoms with E-state index in [9.17, 15) is 4.79 Å². The summed E-state index contributed by atoms with van der Waals surface area (Å²) in [4.78, 5) is 16.4. The number of methoxy groups -OCH3 is 1. The van der Waals surface area contributed by atoms with E-state index in [1.165, 1.54) is 0 Å². The molecule has 2 aromatic rings. The molecule has 0 aliphatic heterocycles. The minimum Gasteiger partial charge on any atom is -0.497 e. The van der Waals surface area contributed by atoms with Crippen molar-refractivity contribution in [2.75, 3.05) is 13.0 Å². The van der Waals surface area contributed by atoms with E-state index in [4.69, 9.17) is 16.3 Å². The van der Waals surface area contributed by atoms with Gasteiger partial charge in [0, 0.05) is 12.6 Å². The predicted molar refractivity (Wildman–Crippen MR) is 90.2 cm³/mol. The lowest BCUT2D eigenvalue weighted by atomic mass is 10.0. The SMILES string of the molecule is COc1ccc(C=N[C@@H](Cc2ccccc2)C(=O)CCl)cc1. The third kappa shape index (κ3) is 4.71. The quantitative estimate of drug-likeness (QED) is 0.579. The number of carbonyl (C=O) groups excluding carboxylic acids is 1. The summed E-state index contributed by atoms with van der Waals surface area (Å²) in [6, 6.07) is 16.9. The first kappa shape index (κ1) is 16.2. The molecule has 0 amide bonds. The van der Waals surface area contributed by atoms with Crippen molar-refractivity contribution in [3.05, 3.63) is 65.7 Å². The van der Waals surface area contributed by atoms with Crippen LogP contribution in [0.25, 0.3) is 0 Å². The number of Topliss-reactive ketones (excluding diaryl/α,β-unsaturated/α-hetero) is 1. The van der Waals surface area contributed by atoms with Gasteiger partial charge in [-0.2, -0.15) is 0 Å². The van der Waals surface area contributed by atoms with Crippen molar-refractivity contribution in [3.63, 3.8) is 0 Å². The van der Waals surface area contributed by atoms with Crippen LogP contribution in [0.2, 0.25) is 0 Å². The third-order valence-corrected chi connectivity index (χ3v) is 3.56. The van der Waals surface area contributed by atoms with Gasteiger partial charge in [0.15, 0.2) is 5.78 Å². The molecule has 2 aromatic carbocycles.